The molecule has 0 aromatic heterocycles. The summed E-state index contributed by atoms with van der Waals surface area (Å²) in [4.78, 5) is 39.0. The monoisotopic (exact) mass is 588 g/mol. The molecule has 36 heavy (non-hydrogen) atoms. The molecule has 184 valence electrons. The Morgan fingerprint density at radius 3 is 2.33 bits per heavy atom. The van der Waals surface area contributed by atoms with Gasteiger partial charge in [-0.2, -0.15) is 0 Å². The number of ether oxygens (including phenoxy) is 2. The molecule has 4 amide bonds. The van der Waals surface area contributed by atoms with E-state index in [-0.39, 0.29) is 12.2 Å². The third-order valence-electron chi connectivity index (χ3n) is 5.38. The third kappa shape index (κ3) is 5.26. The molecular weight excluding hydrogens is 571 g/mol. The van der Waals surface area contributed by atoms with Gasteiger partial charge in [0.1, 0.15) is 12.2 Å². The van der Waals surface area contributed by atoms with Gasteiger partial charge in [-0.1, -0.05) is 47.0 Å². The van der Waals surface area contributed by atoms with Gasteiger partial charge in [0.05, 0.1) is 17.3 Å². The van der Waals surface area contributed by atoms with Gasteiger partial charge < -0.3 is 9.47 Å². The highest BCUT2D eigenvalue weighted by molar-refractivity contribution is 9.10. The molecule has 1 aliphatic heterocycles. The quantitative estimate of drug-likeness (QED) is 0.269. The fraction of sp³-hybridized carbons (Fsp3) is 0.115. The van der Waals surface area contributed by atoms with E-state index in [4.69, 9.17) is 32.7 Å². The summed E-state index contributed by atoms with van der Waals surface area (Å²) >= 11 is 15.9. The van der Waals surface area contributed by atoms with E-state index in [2.05, 4.69) is 21.2 Å². The number of methoxy groups -OCH3 is 1. The van der Waals surface area contributed by atoms with Crippen LogP contribution in [0, 0.1) is 6.92 Å². The number of amides is 4. The van der Waals surface area contributed by atoms with Crippen LogP contribution in [-0.4, -0.2) is 25.0 Å². The molecule has 4 rings (SSSR count). The number of anilines is 1. The fourth-order valence-electron chi connectivity index (χ4n) is 3.53. The summed E-state index contributed by atoms with van der Waals surface area (Å²) in [7, 11) is 1.46. The zero-order chi connectivity index (χ0) is 26.0. The molecule has 1 aliphatic rings. The van der Waals surface area contributed by atoms with Crippen LogP contribution in [0.15, 0.2) is 64.6 Å². The number of halogens is 3. The average molecular weight is 590 g/mol. The van der Waals surface area contributed by atoms with E-state index in [1.807, 2.05) is 6.92 Å². The van der Waals surface area contributed by atoms with Crippen molar-refractivity contribution in [3.05, 3.63) is 91.4 Å². The van der Waals surface area contributed by atoms with Crippen molar-refractivity contribution in [2.75, 3.05) is 12.0 Å². The third-order valence-corrected chi connectivity index (χ3v) is 6.68. The van der Waals surface area contributed by atoms with E-state index in [1.54, 1.807) is 54.6 Å². The minimum atomic E-state index is -0.813. The number of hydrogen-bond acceptors (Lipinski definition) is 5. The second kappa shape index (κ2) is 10.7. The van der Waals surface area contributed by atoms with Crippen LogP contribution in [0.3, 0.4) is 0 Å². The molecule has 1 heterocycles. The van der Waals surface area contributed by atoms with Crippen molar-refractivity contribution in [1.82, 2.24) is 5.32 Å². The van der Waals surface area contributed by atoms with Crippen LogP contribution in [0.5, 0.6) is 11.5 Å². The van der Waals surface area contributed by atoms with Gasteiger partial charge in [0, 0.05) is 15.6 Å². The highest BCUT2D eigenvalue weighted by Crippen LogP contribution is 2.39. The molecule has 0 atom stereocenters. The SMILES string of the molecule is COc1cc(/C=C2\C(=O)NC(=O)N(c3ccc(C)cc3)C2=O)cc(Br)c1OCc1c(Cl)cccc1Cl. The van der Waals surface area contributed by atoms with Crippen LogP contribution in [0.2, 0.25) is 10.0 Å². The van der Waals surface area contributed by atoms with Crippen LogP contribution < -0.4 is 19.7 Å². The minimum Gasteiger partial charge on any atom is -0.493 e. The summed E-state index contributed by atoms with van der Waals surface area (Å²) in [5.74, 6) is -0.811. The minimum absolute atomic E-state index is 0.0857. The summed E-state index contributed by atoms with van der Waals surface area (Å²) in [6.07, 6.45) is 1.38. The number of nitrogens with zero attached hydrogens (tertiary/aromatic N) is 1. The lowest BCUT2D eigenvalue weighted by molar-refractivity contribution is -0.122. The number of benzene rings is 3. The molecule has 0 saturated carbocycles. The molecule has 0 spiro atoms. The average Bonchev–Trinajstić information content (AvgIpc) is 2.83. The molecule has 3 aromatic carbocycles. The van der Waals surface area contributed by atoms with Gasteiger partial charge in [-0.15, -0.1) is 0 Å². The Morgan fingerprint density at radius 2 is 1.69 bits per heavy atom. The number of aryl methyl sites for hydroxylation is 1. The van der Waals surface area contributed by atoms with Gasteiger partial charge >= 0.3 is 6.03 Å². The van der Waals surface area contributed by atoms with E-state index in [9.17, 15) is 14.4 Å². The Kier molecular flexibility index (Phi) is 7.68. The van der Waals surface area contributed by atoms with E-state index in [1.165, 1.54) is 13.2 Å². The highest BCUT2D eigenvalue weighted by atomic mass is 79.9. The summed E-state index contributed by atoms with van der Waals surface area (Å²) in [5.41, 5.74) is 2.19. The summed E-state index contributed by atoms with van der Waals surface area (Å²) in [6.45, 7) is 1.97. The van der Waals surface area contributed by atoms with E-state index >= 15 is 0 Å². The molecule has 7 nitrogen and oxygen atoms in total. The second-order valence-corrected chi connectivity index (χ2v) is 9.49. The Morgan fingerprint density at radius 1 is 1.03 bits per heavy atom. The van der Waals surface area contributed by atoms with Gasteiger partial charge in [-0.05, 0) is 70.9 Å². The first-order valence-corrected chi connectivity index (χ1v) is 12.2. The predicted octanol–water partition coefficient (Wildman–Crippen LogP) is 6.32. The van der Waals surface area contributed by atoms with Crippen molar-refractivity contribution in [1.29, 1.82) is 0 Å². The van der Waals surface area contributed by atoms with E-state index in [0.29, 0.717) is 42.8 Å². The zero-order valence-electron chi connectivity index (χ0n) is 19.1. The number of imide groups is 2. The number of carbonyl (C=O) groups is 3. The normalized spacial score (nSPS) is 14.8. The molecule has 0 bridgehead atoms. The maximum absolute atomic E-state index is 13.1. The Labute approximate surface area is 225 Å². The van der Waals surface area contributed by atoms with Crippen molar-refractivity contribution in [2.24, 2.45) is 0 Å². The molecule has 10 heteroatoms. The summed E-state index contributed by atoms with van der Waals surface area (Å²) < 4.78 is 11.9. The Bertz CT molecular complexity index is 1390. The van der Waals surface area contributed by atoms with Crippen LogP contribution >= 0.6 is 39.1 Å². The molecule has 1 saturated heterocycles. The van der Waals surface area contributed by atoms with Crippen LogP contribution in [0.1, 0.15) is 16.7 Å². The number of urea groups is 1. The standard InChI is InChI=1S/C26H19BrCl2N2O5/c1-14-6-8-16(9-7-14)31-25(33)17(24(32)30-26(31)34)10-15-11-19(27)23(22(12-15)35-2)36-13-18-20(28)4-3-5-21(18)29/h3-12H,13H2,1-2H3,(H,30,32,34)/b17-10+. The van der Waals surface area contributed by atoms with Gasteiger partial charge in [0.15, 0.2) is 11.5 Å². The van der Waals surface area contributed by atoms with Crippen molar-refractivity contribution in [3.8, 4) is 11.5 Å². The predicted molar refractivity (Wildman–Crippen MR) is 142 cm³/mol. The first kappa shape index (κ1) is 25.8. The second-order valence-electron chi connectivity index (χ2n) is 7.82. The molecular formula is C26H19BrCl2N2O5. The number of hydrogen-bond donors (Lipinski definition) is 1. The van der Waals surface area contributed by atoms with Gasteiger partial charge in [-0.25, -0.2) is 9.69 Å². The van der Waals surface area contributed by atoms with Crippen molar-refractivity contribution >= 4 is 68.7 Å². The van der Waals surface area contributed by atoms with E-state index in [0.717, 1.165) is 10.5 Å². The Hall–Kier alpha value is -3.33. The lowest BCUT2D eigenvalue weighted by Gasteiger charge is -2.26. The van der Waals surface area contributed by atoms with Gasteiger partial charge in [-0.3, -0.25) is 14.9 Å². The van der Waals surface area contributed by atoms with Gasteiger partial charge in [0.2, 0.25) is 0 Å². The lowest BCUT2D eigenvalue weighted by Crippen LogP contribution is -2.54. The Balaban J connectivity index is 1.65. The maximum atomic E-state index is 13.1. The number of barbiturate groups is 1. The van der Waals surface area contributed by atoms with Crippen molar-refractivity contribution < 1.29 is 23.9 Å². The number of rotatable bonds is 6. The summed E-state index contributed by atoms with van der Waals surface area (Å²) in [6, 6.07) is 14.4. The zero-order valence-corrected chi connectivity index (χ0v) is 22.2. The molecule has 1 N–H and O–H groups in total. The smallest absolute Gasteiger partial charge is 0.335 e. The largest absolute Gasteiger partial charge is 0.493 e. The highest BCUT2D eigenvalue weighted by Gasteiger charge is 2.36. The fourth-order valence-corrected chi connectivity index (χ4v) is 4.61. The van der Waals surface area contributed by atoms with Crippen molar-refractivity contribution in [2.45, 2.75) is 13.5 Å². The molecule has 3 aromatic rings. The first-order chi connectivity index (χ1) is 17.2. The number of nitrogens with one attached hydrogen (secondary N) is 1. The molecule has 1 fully saturated rings. The molecule has 0 radical (unpaired) electrons. The van der Waals surface area contributed by atoms with Crippen molar-refractivity contribution in [3.63, 3.8) is 0 Å². The first-order valence-electron chi connectivity index (χ1n) is 10.6. The van der Waals surface area contributed by atoms with Crippen LogP contribution in [-0.2, 0) is 16.2 Å². The molecule has 0 unspecified atom stereocenters. The number of carbonyl (C=O) groups excluding carboxylic acids is 3. The van der Waals surface area contributed by atoms with Crippen LogP contribution in [0.25, 0.3) is 6.08 Å². The molecule has 0 aliphatic carbocycles. The van der Waals surface area contributed by atoms with Crippen LogP contribution in [0.4, 0.5) is 10.5 Å². The lowest BCUT2D eigenvalue weighted by atomic mass is 10.1. The maximum Gasteiger partial charge on any atom is 0.335 e. The topological polar surface area (TPSA) is 84.9 Å². The van der Waals surface area contributed by atoms with E-state index < -0.39 is 17.8 Å². The van der Waals surface area contributed by atoms with Gasteiger partial charge in [0.25, 0.3) is 11.8 Å². The summed E-state index contributed by atoms with van der Waals surface area (Å²) in [5, 5.41) is 3.15.